The summed E-state index contributed by atoms with van der Waals surface area (Å²) in [6.45, 7) is 0. The number of hydrogen-bond acceptors (Lipinski definition) is 3. The maximum atomic E-state index is 13.1. The second-order valence-corrected chi connectivity index (χ2v) is 8.40. The molecule has 3 aromatic rings. The lowest BCUT2D eigenvalue weighted by Crippen LogP contribution is -2.01. The van der Waals surface area contributed by atoms with Crippen molar-refractivity contribution in [3.8, 4) is 5.75 Å². The highest BCUT2D eigenvalue weighted by atomic mass is 79.9. The lowest BCUT2D eigenvalue weighted by Gasteiger charge is -2.08. The Hall–Kier alpha value is -2.01. The number of halogens is 2. The molecule has 3 aromatic carbocycles. The van der Waals surface area contributed by atoms with Gasteiger partial charge in [0.25, 0.3) is 0 Å². The molecule has 0 spiro atoms. The van der Waals surface area contributed by atoms with Crippen LogP contribution >= 0.6 is 39.3 Å². The van der Waals surface area contributed by atoms with Crippen LogP contribution in [-0.4, -0.2) is 12.9 Å². The molecule has 0 N–H and O–H groups in total. The average molecular weight is 474 g/mol. The van der Waals surface area contributed by atoms with Gasteiger partial charge in [-0.15, -0.1) is 11.8 Å². The minimum atomic E-state index is 0.00211. The van der Waals surface area contributed by atoms with Crippen molar-refractivity contribution in [3.05, 3.63) is 104 Å². The van der Waals surface area contributed by atoms with Crippen molar-refractivity contribution in [2.75, 3.05) is 7.11 Å². The first-order valence-electron chi connectivity index (χ1n) is 8.58. The monoisotopic (exact) mass is 472 g/mol. The van der Waals surface area contributed by atoms with Gasteiger partial charge in [-0.05, 0) is 65.7 Å². The number of benzene rings is 3. The molecule has 0 aromatic heterocycles. The fourth-order valence-electron chi connectivity index (χ4n) is 2.51. The number of allylic oxidation sites excluding steroid dienone is 1. The van der Waals surface area contributed by atoms with Gasteiger partial charge in [-0.2, -0.15) is 0 Å². The Bertz CT molecular complexity index is 965. The Labute approximate surface area is 182 Å². The van der Waals surface area contributed by atoms with E-state index in [1.165, 1.54) is 11.8 Å². The number of Topliss-reactive ketones (excluding diaryl/α,β-unsaturated/α-hetero) is 1. The summed E-state index contributed by atoms with van der Waals surface area (Å²) in [5, 5.41) is 0.702. The van der Waals surface area contributed by atoms with Crippen LogP contribution in [0.3, 0.4) is 0 Å². The highest BCUT2D eigenvalue weighted by molar-refractivity contribution is 9.10. The molecule has 28 heavy (non-hydrogen) atoms. The van der Waals surface area contributed by atoms with E-state index < -0.39 is 0 Å². The third-order valence-corrected chi connectivity index (χ3v) is 5.92. The fraction of sp³-hybridized carbons (Fsp3) is 0.0870. The molecule has 0 aliphatic carbocycles. The maximum Gasteiger partial charge on any atom is 0.199 e. The number of thioether (sulfide) groups is 1. The molecule has 3 rings (SSSR count). The molecule has 0 atom stereocenters. The van der Waals surface area contributed by atoms with E-state index in [2.05, 4.69) is 15.9 Å². The van der Waals surface area contributed by atoms with Crippen LogP contribution in [-0.2, 0) is 5.75 Å². The summed E-state index contributed by atoms with van der Waals surface area (Å²) in [6.07, 6.45) is 1.92. The number of methoxy groups -OCH3 is 1. The Morgan fingerprint density at radius 3 is 2.25 bits per heavy atom. The molecule has 0 saturated heterocycles. The summed E-state index contributed by atoms with van der Waals surface area (Å²) in [6, 6.07) is 22.7. The smallest absolute Gasteiger partial charge is 0.199 e. The molecule has 0 aliphatic rings. The molecule has 0 heterocycles. The van der Waals surface area contributed by atoms with Gasteiger partial charge in [0, 0.05) is 20.8 Å². The van der Waals surface area contributed by atoms with Crippen molar-refractivity contribution in [2.24, 2.45) is 0 Å². The number of carbonyl (C=O) groups is 1. The summed E-state index contributed by atoms with van der Waals surface area (Å²) in [4.78, 5) is 13.8. The van der Waals surface area contributed by atoms with Crippen LogP contribution in [0.15, 0.2) is 82.2 Å². The van der Waals surface area contributed by atoms with Crippen molar-refractivity contribution in [1.82, 2.24) is 0 Å². The molecular weight excluding hydrogens is 456 g/mol. The van der Waals surface area contributed by atoms with E-state index in [1.54, 1.807) is 7.11 Å². The van der Waals surface area contributed by atoms with E-state index in [-0.39, 0.29) is 5.78 Å². The van der Waals surface area contributed by atoms with Gasteiger partial charge in [0.2, 0.25) is 0 Å². The van der Waals surface area contributed by atoms with Crippen LogP contribution < -0.4 is 4.74 Å². The number of rotatable bonds is 7. The Morgan fingerprint density at radius 1 is 1.00 bits per heavy atom. The van der Waals surface area contributed by atoms with Crippen molar-refractivity contribution >= 4 is 51.2 Å². The molecule has 0 aliphatic heterocycles. The number of carbonyl (C=O) groups excluding carboxylic acids is 1. The van der Waals surface area contributed by atoms with Crippen molar-refractivity contribution in [2.45, 2.75) is 5.75 Å². The van der Waals surface area contributed by atoms with Gasteiger partial charge in [0.1, 0.15) is 5.75 Å². The normalized spacial score (nSPS) is 11.3. The molecule has 0 fully saturated rings. The fourth-order valence-corrected chi connectivity index (χ4v) is 3.88. The van der Waals surface area contributed by atoms with Gasteiger partial charge in [-0.3, -0.25) is 4.79 Å². The summed E-state index contributed by atoms with van der Waals surface area (Å²) < 4.78 is 6.15. The summed E-state index contributed by atoms with van der Waals surface area (Å²) in [7, 11) is 1.63. The van der Waals surface area contributed by atoms with Crippen LogP contribution in [0, 0.1) is 0 Å². The molecule has 2 nitrogen and oxygen atoms in total. The van der Waals surface area contributed by atoms with Gasteiger partial charge in [0.15, 0.2) is 5.78 Å². The second-order valence-electron chi connectivity index (χ2n) is 6.03. The van der Waals surface area contributed by atoms with Crippen LogP contribution in [0.1, 0.15) is 21.5 Å². The summed E-state index contributed by atoms with van der Waals surface area (Å²) >= 11 is 10.9. The molecule has 5 heteroatoms. The van der Waals surface area contributed by atoms with Gasteiger partial charge in [-0.25, -0.2) is 0 Å². The first kappa shape index (κ1) is 20.7. The van der Waals surface area contributed by atoms with E-state index in [9.17, 15) is 4.79 Å². The van der Waals surface area contributed by atoms with Gasteiger partial charge in [0.05, 0.1) is 12.0 Å². The number of ketones is 1. The standard InChI is InChI=1S/C23H18BrClO2S/c1-27-21-12-4-16(5-13-21)14-22(23(26)18-6-8-19(24)9-7-18)28-15-17-2-10-20(25)11-3-17/h2-14H,15H2,1H3/b22-14+. The maximum absolute atomic E-state index is 13.1. The van der Waals surface area contributed by atoms with Crippen LogP contribution in [0.5, 0.6) is 5.75 Å². The lowest BCUT2D eigenvalue weighted by molar-refractivity contribution is 0.104. The van der Waals surface area contributed by atoms with E-state index >= 15 is 0 Å². The van der Waals surface area contributed by atoms with E-state index in [4.69, 9.17) is 16.3 Å². The summed E-state index contributed by atoms with van der Waals surface area (Å²) in [5.74, 6) is 1.47. The Morgan fingerprint density at radius 2 is 1.64 bits per heavy atom. The molecule has 0 saturated carbocycles. The SMILES string of the molecule is COc1ccc(/C=C(/SCc2ccc(Cl)cc2)C(=O)c2ccc(Br)cc2)cc1. The first-order valence-corrected chi connectivity index (χ1v) is 10.7. The third kappa shape index (κ3) is 5.74. The predicted octanol–water partition coefficient (Wildman–Crippen LogP) is 7.27. The highest BCUT2D eigenvalue weighted by Gasteiger charge is 2.14. The number of ether oxygens (including phenoxy) is 1. The van der Waals surface area contributed by atoms with Crippen molar-refractivity contribution < 1.29 is 9.53 Å². The van der Waals surface area contributed by atoms with E-state index in [0.29, 0.717) is 21.2 Å². The zero-order valence-corrected chi connectivity index (χ0v) is 18.4. The minimum Gasteiger partial charge on any atom is -0.497 e. The van der Waals surface area contributed by atoms with Crippen LogP contribution in [0.2, 0.25) is 5.02 Å². The van der Waals surface area contributed by atoms with Gasteiger partial charge >= 0.3 is 0 Å². The third-order valence-electron chi connectivity index (χ3n) is 4.05. The molecule has 0 unspecified atom stereocenters. The second kappa shape index (κ2) is 9.97. The predicted molar refractivity (Wildman–Crippen MR) is 122 cm³/mol. The largest absolute Gasteiger partial charge is 0.497 e. The lowest BCUT2D eigenvalue weighted by atomic mass is 10.1. The first-order chi connectivity index (χ1) is 13.5. The topological polar surface area (TPSA) is 26.3 Å². The Kier molecular flexibility index (Phi) is 7.37. The van der Waals surface area contributed by atoms with E-state index in [0.717, 1.165) is 21.3 Å². The zero-order chi connectivity index (χ0) is 19.9. The van der Waals surface area contributed by atoms with Crippen molar-refractivity contribution in [3.63, 3.8) is 0 Å². The van der Waals surface area contributed by atoms with Crippen molar-refractivity contribution in [1.29, 1.82) is 0 Å². The molecule has 0 radical (unpaired) electrons. The molecule has 142 valence electrons. The van der Waals surface area contributed by atoms with Gasteiger partial charge < -0.3 is 4.74 Å². The minimum absolute atomic E-state index is 0.00211. The molecule has 0 amide bonds. The number of hydrogen-bond donors (Lipinski definition) is 0. The van der Waals surface area contributed by atoms with Crippen LogP contribution in [0.4, 0.5) is 0 Å². The zero-order valence-electron chi connectivity index (χ0n) is 15.2. The molecular formula is C23H18BrClO2S. The van der Waals surface area contributed by atoms with E-state index in [1.807, 2.05) is 78.9 Å². The quantitative estimate of drug-likeness (QED) is 0.267. The summed E-state index contributed by atoms with van der Waals surface area (Å²) in [5.41, 5.74) is 2.72. The Balaban J connectivity index is 1.87. The van der Waals surface area contributed by atoms with Gasteiger partial charge in [-0.1, -0.05) is 51.8 Å². The molecule has 0 bridgehead atoms. The highest BCUT2D eigenvalue weighted by Crippen LogP contribution is 2.28. The van der Waals surface area contributed by atoms with Crippen LogP contribution in [0.25, 0.3) is 6.08 Å². The average Bonchev–Trinajstić information content (AvgIpc) is 2.73.